The van der Waals surface area contributed by atoms with E-state index in [0.29, 0.717) is 71.2 Å². The molecule has 10 rings (SSSR count). The number of halogens is 2. The molecule has 2 N–H and O–H groups in total. The summed E-state index contributed by atoms with van der Waals surface area (Å²) in [7, 11) is 0. The van der Waals surface area contributed by atoms with E-state index in [2.05, 4.69) is 24.8 Å². The monoisotopic (exact) mass is 930 g/mol. The van der Waals surface area contributed by atoms with Gasteiger partial charge >= 0.3 is 0 Å². The highest BCUT2D eigenvalue weighted by atomic mass is 19.1. The maximum Gasteiger partial charge on any atom is 0.245 e. The number of carbonyl (C=O) groups excluding carboxylic acids is 2. The van der Waals surface area contributed by atoms with Gasteiger partial charge in [-0.05, 0) is 72.3 Å². The van der Waals surface area contributed by atoms with E-state index in [1.165, 1.54) is 0 Å². The second-order valence-corrected chi connectivity index (χ2v) is 18.1. The van der Waals surface area contributed by atoms with Crippen molar-refractivity contribution in [2.75, 3.05) is 39.3 Å². The minimum absolute atomic E-state index is 0.00582. The third-order valence-corrected chi connectivity index (χ3v) is 14.2. The number of H-pyrrole nitrogens is 2. The maximum absolute atomic E-state index is 15.2. The van der Waals surface area contributed by atoms with E-state index in [-0.39, 0.29) is 43.2 Å². The highest BCUT2D eigenvalue weighted by molar-refractivity contribution is 6.09. The summed E-state index contributed by atoms with van der Waals surface area (Å²) in [4.78, 5) is 66.6. The first kappa shape index (κ1) is 45.7. The average molecular weight is 931 g/mol. The zero-order valence-corrected chi connectivity index (χ0v) is 39.2. The number of likely N-dealkylation sites (tertiary alicyclic amines) is 2. The van der Waals surface area contributed by atoms with Crippen LogP contribution in [0.15, 0.2) is 131 Å². The molecule has 14 heteroatoms. The molecule has 2 amide bonds. The Kier molecular flexibility index (Phi) is 12.7. The molecule has 2 saturated heterocycles. The molecule has 2 fully saturated rings. The number of likely N-dealkylation sites (N-methyl/N-ethyl adjacent to an activating group) is 2. The molecule has 69 heavy (non-hydrogen) atoms. The second kappa shape index (κ2) is 19.2. The molecule has 0 saturated carbocycles. The van der Waals surface area contributed by atoms with Crippen LogP contribution in [0.3, 0.4) is 0 Å². The van der Waals surface area contributed by atoms with Crippen LogP contribution in [0.4, 0.5) is 8.78 Å². The zero-order valence-electron chi connectivity index (χ0n) is 39.2. The summed E-state index contributed by atoms with van der Waals surface area (Å²) in [6.45, 7) is 10.7. The van der Waals surface area contributed by atoms with Gasteiger partial charge in [-0.25, -0.2) is 18.7 Å². The highest BCUT2D eigenvalue weighted by Gasteiger charge is 2.43. The Hall–Kier alpha value is -7.03. The van der Waals surface area contributed by atoms with Gasteiger partial charge in [0.2, 0.25) is 17.2 Å². The molecule has 5 heterocycles. The Balaban J connectivity index is 0.906. The Labute approximate surface area is 399 Å². The van der Waals surface area contributed by atoms with Gasteiger partial charge in [0, 0.05) is 24.0 Å². The zero-order chi connectivity index (χ0) is 47.9. The van der Waals surface area contributed by atoms with Crippen molar-refractivity contribution in [3.8, 4) is 22.5 Å². The van der Waals surface area contributed by atoms with E-state index in [4.69, 9.17) is 9.40 Å². The third-order valence-electron chi connectivity index (χ3n) is 14.2. The van der Waals surface area contributed by atoms with Crippen LogP contribution in [0, 0.1) is 0 Å². The van der Waals surface area contributed by atoms with Gasteiger partial charge in [0.15, 0.2) is 0 Å². The number of fused-ring (bicyclic) bond motifs is 4. The summed E-state index contributed by atoms with van der Waals surface area (Å²) in [5.74, 6) is 0.709. The van der Waals surface area contributed by atoms with Crippen LogP contribution >= 0.6 is 0 Å². The molecular formula is C55H56F2N8O4. The van der Waals surface area contributed by atoms with Gasteiger partial charge in [0.25, 0.3) is 0 Å². The number of hydrogen-bond donors (Lipinski definition) is 2. The Morgan fingerprint density at radius 3 is 1.61 bits per heavy atom. The smallest absolute Gasteiger partial charge is 0.245 e. The number of aromatic nitrogens is 4. The molecule has 8 aromatic rings. The third kappa shape index (κ3) is 8.50. The van der Waals surface area contributed by atoms with Gasteiger partial charge in [0.1, 0.15) is 47.2 Å². The number of rotatable bonds is 14. The molecule has 3 aromatic heterocycles. The summed E-state index contributed by atoms with van der Waals surface area (Å²) in [6.07, 6.45) is 1.28. The van der Waals surface area contributed by atoms with Crippen molar-refractivity contribution >= 4 is 44.5 Å². The van der Waals surface area contributed by atoms with Crippen molar-refractivity contribution < 1.29 is 22.8 Å². The van der Waals surface area contributed by atoms with Crippen LogP contribution in [-0.4, -0.2) is 103 Å². The number of carbonyl (C=O) groups is 2. The van der Waals surface area contributed by atoms with Gasteiger partial charge in [0.05, 0.1) is 59.7 Å². The van der Waals surface area contributed by atoms with E-state index in [1.54, 1.807) is 40.4 Å². The van der Waals surface area contributed by atoms with Crippen LogP contribution in [0.5, 0.6) is 0 Å². The van der Waals surface area contributed by atoms with Crippen molar-refractivity contribution in [2.45, 2.75) is 77.0 Å². The molecule has 0 radical (unpaired) electrons. The molecule has 12 nitrogen and oxygen atoms in total. The van der Waals surface area contributed by atoms with Crippen LogP contribution in [0.25, 0.3) is 55.2 Å². The summed E-state index contributed by atoms with van der Waals surface area (Å²) in [6, 6.07) is 31.9. The van der Waals surface area contributed by atoms with Gasteiger partial charge in [-0.15, -0.1) is 0 Å². The quantitative estimate of drug-likeness (QED) is 0.0813. The number of alkyl halides is 2. The van der Waals surface area contributed by atoms with Crippen LogP contribution in [-0.2, 0) is 9.59 Å². The molecule has 2 aliphatic heterocycles. The topological polar surface area (TPSA) is 135 Å². The molecule has 0 spiro atoms. The summed E-state index contributed by atoms with van der Waals surface area (Å²) < 4.78 is 36.9. The fraction of sp³-hybridized carbons (Fsp3) is 0.327. The van der Waals surface area contributed by atoms with Crippen molar-refractivity contribution in [3.63, 3.8) is 0 Å². The first-order valence-corrected chi connectivity index (χ1v) is 24.1. The second-order valence-electron chi connectivity index (χ2n) is 18.1. The van der Waals surface area contributed by atoms with Crippen LogP contribution < -0.4 is 5.43 Å². The lowest BCUT2D eigenvalue weighted by atomic mass is 10.0. The largest absolute Gasteiger partial charge is 0.456 e. The molecule has 2 aliphatic rings. The van der Waals surface area contributed by atoms with E-state index in [9.17, 15) is 14.4 Å². The van der Waals surface area contributed by atoms with Crippen LogP contribution in [0.2, 0.25) is 0 Å². The van der Waals surface area contributed by atoms with Gasteiger partial charge in [-0.1, -0.05) is 113 Å². The van der Waals surface area contributed by atoms with Crippen molar-refractivity contribution in [3.05, 3.63) is 155 Å². The molecule has 354 valence electrons. The SMILES string of the molecule is CCN(CC)C(C(=O)N1C[C@H](F)C[C@H]1c1ncc(-c2ccc3c(ccc4oc5cc(-c6cnc([C@@H]7C[C@@H](F)CN7C(=O)C(c7ccccc7)N(CC)CC)[nH]6)ccc5c(=O)c43)c2)[nH]1)c1ccccc1. The number of benzene rings is 5. The minimum Gasteiger partial charge on any atom is -0.456 e. The predicted octanol–water partition coefficient (Wildman–Crippen LogP) is 10.3. The lowest BCUT2D eigenvalue weighted by molar-refractivity contribution is -0.139. The standard InChI is InChI=1S/C55H56F2N8O4/c1-5-62(6-2)49(33-15-11-9-12-16-33)54(67)64-31-38(56)27-44(64)52-58-29-42(60-52)36-19-22-40-35(25-36)21-24-46-48(40)51(66)41-23-20-37(26-47(41)69-46)43-30-59-53(61-43)45-28-39(57)32-65(45)55(68)50(63(7-3)8-4)34-17-13-10-14-18-34/h9-26,29-30,38-39,44-45,49-50H,5-8,27-28,31-32H2,1-4H3,(H,58,60)(H,59,61)/t38-,39-,44+,45+,49?,50?/m1/s1. The normalized spacial score (nSPS) is 19.4. The van der Waals surface area contributed by atoms with Crippen LogP contribution in [0.1, 0.15) is 87.5 Å². The Bertz CT molecular complexity index is 3200. The summed E-state index contributed by atoms with van der Waals surface area (Å²) >= 11 is 0. The molecule has 0 aliphatic carbocycles. The number of aromatic amines is 2. The fourth-order valence-electron chi connectivity index (χ4n) is 10.7. The molecule has 2 unspecified atom stereocenters. The average Bonchev–Trinajstić information content (AvgIpc) is 4.22. The number of nitrogens with one attached hydrogen (secondary N) is 2. The van der Waals surface area contributed by atoms with Gasteiger partial charge < -0.3 is 24.2 Å². The molecular weight excluding hydrogens is 875 g/mol. The molecule has 5 aromatic carbocycles. The first-order valence-electron chi connectivity index (χ1n) is 24.1. The van der Waals surface area contributed by atoms with E-state index >= 15 is 8.78 Å². The van der Waals surface area contributed by atoms with E-state index in [1.807, 2.05) is 119 Å². The minimum atomic E-state index is -1.19. The van der Waals surface area contributed by atoms with E-state index < -0.39 is 36.5 Å². The molecule has 0 bridgehead atoms. The predicted molar refractivity (Wildman–Crippen MR) is 265 cm³/mol. The lowest BCUT2D eigenvalue weighted by Crippen LogP contribution is -2.43. The number of imidazole rings is 2. The van der Waals surface area contributed by atoms with Crippen molar-refractivity contribution in [1.29, 1.82) is 0 Å². The number of amides is 2. The lowest BCUT2D eigenvalue weighted by Gasteiger charge is -2.34. The Morgan fingerprint density at radius 1 is 0.638 bits per heavy atom. The van der Waals surface area contributed by atoms with E-state index in [0.717, 1.165) is 33.0 Å². The van der Waals surface area contributed by atoms with Gasteiger partial charge in [-0.3, -0.25) is 24.2 Å². The van der Waals surface area contributed by atoms with Crippen molar-refractivity contribution in [2.24, 2.45) is 0 Å². The fourth-order valence-corrected chi connectivity index (χ4v) is 10.7. The number of hydrogen-bond acceptors (Lipinski definition) is 8. The van der Waals surface area contributed by atoms with Gasteiger partial charge in [-0.2, -0.15) is 0 Å². The van der Waals surface area contributed by atoms with Crippen molar-refractivity contribution in [1.82, 2.24) is 39.5 Å². The summed E-state index contributed by atoms with van der Waals surface area (Å²) in [5, 5.41) is 2.41. The molecule has 6 atom stereocenters. The highest BCUT2D eigenvalue weighted by Crippen LogP contribution is 2.39. The Morgan fingerprint density at radius 2 is 1.12 bits per heavy atom. The first-order chi connectivity index (χ1) is 33.6. The maximum atomic E-state index is 15.2. The number of nitrogens with zero attached hydrogens (tertiary/aromatic N) is 6. The summed E-state index contributed by atoms with van der Waals surface area (Å²) in [5.41, 5.74) is 5.28.